The molecule has 3 aromatic rings. The van der Waals surface area contributed by atoms with Crippen molar-refractivity contribution in [2.75, 3.05) is 7.11 Å². The number of nitrogens with zero attached hydrogens (tertiary/aromatic N) is 2. The summed E-state index contributed by atoms with van der Waals surface area (Å²) in [6, 6.07) is 12.9. The molecular weight excluding hydrogens is 361 g/mol. The van der Waals surface area contributed by atoms with Gasteiger partial charge in [0.25, 0.3) is 0 Å². The molecule has 5 nitrogen and oxygen atoms in total. The standard InChI is InChI=1S/C18H17Cl2N3O2/c1-11(15-8-5-13(19)9-16(15)20)21-10-17-22-18(23-25-17)12-3-6-14(24-2)7-4-12/h3-9,11,21H,10H2,1-2H3. The highest BCUT2D eigenvalue weighted by molar-refractivity contribution is 6.35. The van der Waals surface area contributed by atoms with Crippen molar-refractivity contribution in [3.8, 4) is 17.1 Å². The summed E-state index contributed by atoms with van der Waals surface area (Å²) in [5.74, 6) is 1.82. The van der Waals surface area contributed by atoms with Crippen LogP contribution in [0, 0.1) is 0 Å². The van der Waals surface area contributed by atoms with Gasteiger partial charge in [0.2, 0.25) is 11.7 Å². The van der Waals surface area contributed by atoms with Gasteiger partial charge < -0.3 is 14.6 Å². The zero-order valence-electron chi connectivity index (χ0n) is 13.8. The average molecular weight is 378 g/mol. The van der Waals surface area contributed by atoms with E-state index in [9.17, 15) is 0 Å². The molecule has 0 saturated heterocycles. The summed E-state index contributed by atoms with van der Waals surface area (Å²) in [5, 5.41) is 8.56. The van der Waals surface area contributed by atoms with Crippen molar-refractivity contribution < 1.29 is 9.26 Å². The number of rotatable bonds is 6. The van der Waals surface area contributed by atoms with Gasteiger partial charge in [0, 0.05) is 21.7 Å². The Bertz CT molecular complexity index is 850. The minimum atomic E-state index is 0.0149. The minimum Gasteiger partial charge on any atom is -0.497 e. The van der Waals surface area contributed by atoms with Gasteiger partial charge in [0.05, 0.1) is 13.7 Å². The van der Waals surface area contributed by atoms with E-state index in [1.54, 1.807) is 13.2 Å². The van der Waals surface area contributed by atoms with Gasteiger partial charge >= 0.3 is 0 Å². The Kier molecular flexibility index (Phi) is 5.58. The SMILES string of the molecule is COc1ccc(-c2noc(CNC(C)c3ccc(Cl)cc3Cl)n2)cc1. The summed E-state index contributed by atoms with van der Waals surface area (Å²) in [6.07, 6.45) is 0. The summed E-state index contributed by atoms with van der Waals surface area (Å²) in [6.45, 7) is 2.44. The summed E-state index contributed by atoms with van der Waals surface area (Å²) in [7, 11) is 1.63. The first-order chi connectivity index (χ1) is 12.1. The quantitative estimate of drug-likeness (QED) is 0.661. The molecule has 2 aromatic carbocycles. The zero-order valence-corrected chi connectivity index (χ0v) is 15.3. The number of nitrogens with one attached hydrogen (secondary N) is 1. The molecule has 0 aliphatic heterocycles. The Morgan fingerprint density at radius 3 is 2.60 bits per heavy atom. The maximum Gasteiger partial charge on any atom is 0.240 e. The van der Waals surface area contributed by atoms with Crippen LogP contribution >= 0.6 is 23.2 Å². The number of methoxy groups -OCH3 is 1. The molecule has 0 fully saturated rings. The lowest BCUT2D eigenvalue weighted by Gasteiger charge is -2.14. The predicted octanol–water partition coefficient (Wildman–Crippen LogP) is 4.90. The van der Waals surface area contributed by atoms with E-state index in [4.69, 9.17) is 32.5 Å². The molecule has 1 unspecified atom stereocenters. The predicted molar refractivity (Wildman–Crippen MR) is 98.0 cm³/mol. The van der Waals surface area contributed by atoms with Gasteiger partial charge in [0.15, 0.2) is 0 Å². The van der Waals surface area contributed by atoms with E-state index in [1.165, 1.54) is 0 Å². The number of hydrogen-bond acceptors (Lipinski definition) is 5. The smallest absolute Gasteiger partial charge is 0.240 e. The Balaban J connectivity index is 1.64. The van der Waals surface area contributed by atoms with Crippen LogP contribution < -0.4 is 10.1 Å². The van der Waals surface area contributed by atoms with Crippen molar-refractivity contribution in [2.24, 2.45) is 0 Å². The van der Waals surface area contributed by atoms with Crippen LogP contribution in [0.15, 0.2) is 47.0 Å². The third-order valence-electron chi connectivity index (χ3n) is 3.80. The first-order valence-corrected chi connectivity index (χ1v) is 8.47. The number of hydrogen-bond donors (Lipinski definition) is 1. The Labute approximate surface area is 155 Å². The Morgan fingerprint density at radius 2 is 1.92 bits per heavy atom. The fourth-order valence-electron chi connectivity index (χ4n) is 2.39. The van der Waals surface area contributed by atoms with E-state index in [0.29, 0.717) is 28.3 Å². The molecule has 3 rings (SSSR count). The molecule has 1 aromatic heterocycles. The van der Waals surface area contributed by atoms with E-state index >= 15 is 0 Å². The maximum absolute atomic E-state index is 6.23. The van der Waals surface area contributed by atoms with Crippen LogP contribution in [-0.2, 0) is 6.54 Å². The van der Waals surface area contributed by atoms with Gasteiger partial charge in [-0.15, -0.1) is 0 Å². The van der Waals surface area contributed by atoms with E-state index in [2.05, 4.69) is 15.5 Å². The van der Waals surface area contributed by atoms with E-state index in [-0.39, 0.29) is 6.04 Å². The van der Waals surface area contributed by atoms with Crippen molar-refractivity contribution in [3.63, 3.8) is 0 Å². The van der Waals surface area contributed by atoms with Crippen LogP contribution in [0.5, 0.6) is 5.75 Å². The van der Waals surface area contributed by atoms with Crippen LogP contribution in [0.3, 0.4) is 0 Å². The van der Waals surface area contributed by atoms with Gasteiger partial charge in [-0.25, -0.2) is 0 Å². The molecule has 0 amide bonds. The molecule has 0 radical (unpaired) electrons. The molecule has 0 spiro atoms. The molecule has 0 saturated carbocycles. The fourth-order valence-corrected chi connectivity index (χ4v) is 2.96. The van der Waals surface area contributed by atoms with Gasteiger partial charge in [-0.05, 0) is 48.9 Å². The second-order valence-corrected chi connectivity index (χ2v) is 6.35. The summed E-state index contributed by atoms with van der Waals surface area (Å²) in [4.78, 5) is 4.40. The van der Waals surface area contributed by atoms with Crippen molar-refractivity contribution in [3.05, 3.63) is 64.0 Å². The molecule has 25 heavy (non-hydrogen) atoms. The number of halogens is 2. The van der Waals surface area contributed by atoms with Gasteiger partial charge in [-0.1, -0.05) is 34.4 Å². The molecule has 0 bridgehead atoms. The van der Waals surface area contributed by atoms with Crippen LogP contribution in [0.25, 0.3) is 11.4 Å². The first kappa shape index (κ1) is 17.7. The molecule has 1 N–H and O–H groups in total. The highest BCUT2D eigenvalue weighted by Gasteiger charge is 2.13. The highest BCUT2D eigenvalue weighted by atomic mass is 35.5. The Hall–Kier alpha value is -2.08. The van der Waals surface area contributed by atoms with E-state index in [1.807, 2.05) is 43.3 Å². The number of benzene rings is 2. The van der Waals surface area contributed by atoms with Crippen molar-refractivity contribution in [2.45, 2.75) is 19.5 Å². The summed E-state index contributed by atoms with van der Waals surface area (Å²) in [5.41, 5.74) is 1.82. The minimum absolute atomic E-state index is 0.0149. The zero-order chi connectivity index (χ0) is 17.8. The summed E-state index contributed by atoms with van der Waals surface area (Å²) < 4.78 is 10.4. The first-order valence-electron chi connectivity index (χ1n) is 7.72. The second kappa shape index (κ2) is 7.87. The largest absolute Gasteiger partial charge is 0.497 e. The fraction of sp³-hybridized carbons (Fsp3) is 0.222. The topological polar surface area (TPSA) is 60.2 Å². The molecule has 7 heteroatoms. The molecule has 0 aliphatic carbocycles. The maximum atomic E-state index is 6.23. The van der Waals surface area contributed by atoms with E-state index in [0.717, 1.165) is 16.9 Å². The molecule has 130 valence electrons. The average Bonchev–Trinajstić information content (AvgIpc) is 3.09. The highest BCUT2D eigenvalue weighted by Crippen LogP contribution is 2.26. The third-order valence-corrected chi connectivity index (χ3v) is 4.37. The van der Waals surface area contributed by atoms with Crippen LogP contribution in [0.4, 0.5) is 0 Å². The molecule has 1 heterocycles. The van der Waals surface area contributed by atoms with Crippen LogP contribution in [0.2, 0.25) is 10.0 Å². The van der Waals surface area contributed by atoms with Crippen LogP contribution in [-0.4, -0.2) is 17.3 Å². The summed E-state index contributed by atoms with van der Waals surface area (Å²) >= 11 is 12.2. The van der Waals surface area contributed by atoms with Crippen molar-refractivity contribution in [1.29, 1.82) is 0 Å². The van der Waals surface area contributed by atoms with Gasteiger partial charge in [-0.2, -0.15) is 4.98 Å². The lowest BCUT2D eigenvalue weighted by Crippen LogP contribution is -2.18. The normalized spacial score (nSPS) is 12.2. The lowest BCUT2D eigenvalue weighted by molar-refractivity contribution is 0.360. The van der Waals surface area contributed by atoms with Crippen molar-refractivity contribution in [1.82, 2.24) is 15.5 Å². The molecule has 0 aliphatic rings. The monoisotopic (exact) mass is 377 g/mol. The van der Waals surface area contributed by atoms with Gasteiger partial charge in [-0.3, -0.25) is 0 Å². The molecular formula is C18H17Cl2N3O2. The van der Waals surface area contributed by atoms with Gasteiger partial charge in [0.1, 0.15) is 5.75 Å². The van der Waals surface area contributed by atoms with Crippen LogP contribution in [0.1, 0.15) is 24.4 Å². The van der Waals surface area contributed by atoms with Crippen molar-refractivity contribution >= 4 is 23.2 Å². The third kappa shape index (κ3) is 4.31. The Morgan fingerprint density at radius 1 is 1.16 bits per heavy atom. The number of aromatic nitrogens is 2. The second-order valence-electron chi connectivity index (χ2n) is 5.51. The van der Waals surface area contributed by atoms with E-state index < -0.39 is 0 Å². The number of ether oxygens (including phenoxy) is 1. The molecule has 1 atom stereocenters. The lowest BCUT2D eigenvalue weighted by atomic mass is 10.1.